The Hall–Kier alpha value is -0.790. The molecule has 1 rings (SSSR count). The van der Waals surface area contributed by atoms with Crippen LogP contribution in [0.1, 0.15) is 161 Å². The Morgan fingerprint density at radius 2 is 0.969 bits per heavy atom. The first-order valence-electron chi connectivity index (χ1n) is 14.9. The molecule has 0 radical (unpaired) electrons. The van der Waals surface area contributed by atoms with E-state index in [4.69, 9.17) is 0 Å². The molecule has 0 aliphatic carbocycles. The summed E-state index contributed by atoms with van der Waals surface area (Å²) in [5.41, 5.74) is 0. The number of aryl methyl sites for hydroxylation is 2. The van der Waals surface area contributed by atoms with Crippen molar-refractivity contribution < 1.29 is 4.57 Å². The van der Waals surface area contributed by atoms with Crippen molar-refractivity contribution in [3.8, 4) is 0 Å². The minimum absolute atomic E-state index is 1.21. The van der Waals surface area contributed by atoms with Crippen LogP contribution < -0.4 is 4.57 Å². The first-order chi connectivity index (χ1) is 15.8. The topological polar surface area (TPSA) is 8.81 Å². The van der Waals surface area contributed by atoms with Crippen molar-refractivity contribution in [3.05, 3.63) is 18.2 Å². The number of unbranched alkanes of at least 4 members (excludes halogenated alkanes) is 18. The summed E-state index contributed by atoms with van der Waals surface area (Å²) >= 11 is 0. The third-order valence-electron chi connectivity index (χ3n) is 7.10. The number of aromatic nitrogens is 2. The molecule has 2 heteroatoms. The van der Waals surface area contributed by atoms with Crippen LogP contribution in [0, 0.1) is 0 Å². The summed E-state index contributed by atoms with van der Waals surface area (Å²) in [4.78, 5) is 0. The van der Waals surface area contributed by atoms with Crippen molar-refractivity contribution >= 4 is 0 Å². The summed E-state index contributed by atoms with van der Waals surface area (Å²) in [6.07, 6.45) is 35.5. The van der Waals surface area contributed by atoms with Crippen LogP contribution in [-0.4, -0.2) is 4.57 Å². The largest absolute Gasteiger partial charge is 0.256 e. The molecule has 0 unspecified atom stereocenters. The zero-order valence-electron chi connectivity index (χ0n) is 22.5. The molecule has 0 amide bonds. The zero-order chi connectivity index (χ0) is 23.1. The van der Waals surface area contributed by atoms with Crippen LogP contribution in [0.4, 0.5) is 0 Å². The Balaban J connectivity index is 2.30. The first kappa shape index (κ1) is 29.2. The quantitative estimate of drug-likeness (QED) is 0.110. The van der Waals surface area contributed by atoms with E-state index in [2.05, 4.69) is 42.3 Å². The fourth-order valence-corrected chi connectivity index (χ4v) is 4.91. The van der Waals surface area contributed by atoms with Gasteiger partial charge in [-0.1, -0.05) is 124 Å². The van der Waals surface area contributed by atoms with Crippen molar-refractivity contribution in [1.82, 2.24) is 4.57 Å². The van der Waals surface area contributed by atoms with Crippen molar-refractivity contribution in [3.63, 3.8) is 0 Å². The van der Waals surface area contributed by atoms with E-state index in [-0.39, 0.29) is 0 Å². The lowest BCUT2D eigenvalue weighted by Gasteiger charge is -2.07. The van der Waals surface area contributed by atoms with Crippen molar-refractivity contribution in [2.75, 3.05) is 0 Å². The number of rotatable bonds is 24. The molecule has 0 aliphatic rings. The minimum atomic E-state index is 1.21. The van der Waals surface area contributed by atoms with Crippen LogP contribution in [0.2, 0.25) is 0 Å². The molecule has 1 aromatic heterocycles. The van der Waals surface area contributed by atoms with Gasteiger partial charge in [0.2, 0.25) is 0 Å². The molecule has 0 aliphatic heterocycles. The van der Waals surface area contributed by atoms with E-state index in [9.17, 15) is 0 Å². The SMILES string of the molecule is CCCCCCCCCCCc1n(CCCCCCCCCCC)cc[n+]1CCCCC. The molecule has 0 bridgehead atoms. The van der Waals surface area contributed by atoms with Crippen LogP contribution >= 0.6 is 0 Å². The maximum Gasteiger partial charge on any atom is 0.256 e. The Labute approximate surface area is 202 Å². The smallest absolute Gasteiger partial charge is 0.234 e. The van der Waals surface area contributed by atoms with E-state index in [0.29, 0.717) is 0 Å². The fourth-order valence-electron chi connectivity index (χ4n) is 4.91. The summed E-state index contributed by atoms with van der Waals surface area (Å²) in [5.74, 6) is 1.60. The van der Waals surface area contributed by atoms with Gasteiger partial charge in [-0.15, -0.1) is 0 Å². The second kappa shape index (κ2) is 22.0. The Kier molecular flexibility index (Phi) is 20.1. The predicted octanol–water partition coefficient (Wildman–Crippen LogP) is 9.57. The zero-order valence-corrected chi connectivity index (χ0v) is 22.5. The van der Waals surface area contributed by atoms with Gasteiger partial charge in [-0.25, -0.2) is 9.13 Å². The molecule has 0 saturated heterocycles. The lowest BCUT2D eigenvalue weighted by Crippen LogP contribution is -2.37. The standard InChI is InChI=1S/C30H59N2/c1-4-7-10-12-14-16-18-20-22-25-30-31(26-23-9-6-3)28-29-32(30)27-24-21-19-17-15-13-11-8-5-2/h28-29H,4-27H2,1-3H3/q+1. The molecular formula is C30H59N2+. The van der Waals surface area contributed by atoms with Gasteiger partial charge in [0.25, 0.3) is 5.82 Å². The second-order valence-electron chi connectivity index (χ2n) is 10.2. The lowest BCUT2D eigenvalue weighted by molar-refractivity contribution is -0.704. The molecule has 0 atom stereocenters. The van der Waals surface area contributed by atoms with E-state index < -0.39 is 0 Å². The van der Waals surface area contributed by atoms with Crippen molar-refractivity contribution in [2.24, 2.45) is 0 Å². The Morgan fingerprint density at radius 1 is 0.531 bits per heavy atom. The molecule has 32 heavy (non-hydrogen) atoms. The molecule has 0 saturated carbocycles. The van der Waals surface area contributed by atoms with Gasteiger partial charge in [0.15, 0.2) is 0 Å². The third kappa shape index (κ3) is 15.1. The Bertz CT molecular complexity index is 505. The maximum atomic E-state index is 2.60. The number of hydrogen-bond donors (Lipinski definition) is 0. The van der Waals surface area contributed by atoms with Crippen LogP contribution in [0.25, 0.3) is 0 Å². The number of hydrogen-bond acceptors (Lipinski definition) is 0. The highest BCUT2D eigenvalue weighted by molar-refractivity contribution is 4.84. The van der Waals surface area contributed by atoms with Gasteiger partial charge in [-0.2, -0.15) is 0 Å². The summed E-state index contributed by atoms with van der Waals surface area (Å²) in [6.45, 7) is 9.36. The third-order valence-corrected chi connectivity index (χ3v) is 7.10. The van der Waals surface area contributed by atoms with E-state index in [1.54, 1.807) is 5.82 Å². The first-order valence-corrected chi connectivity index (χ1v) is 14.9. The number of nitrogens with zero attached hydrogens (tertiary/aromatic N) is 2. The molecule has 0 N–H and O–H groups in total. The average Bonchev–Trinajstić information content (AvgIpc) is 3.18. The molecular weight excluding hydrogens is 388 g/mol. The van der Waals surface area contributed by atoms with E-state index in [1.165, 1.54) is 154 Å². The molecule has 2 nitrogen and oxygen atoms in total. The summed E-state index contributed by atoms with van der Waals surface area (Å²) in [5, 5.41) is 0. The van der Waals surface area contributed by atoms with E-state index >= 15 is 0 Å². The van der Waals surface area contributed by atoms with Crippen molar-refractivity contribution in [2.45, 2.75) is 175 Å². The fraction of sp³-hybridized carbons (Fsp3) is 0.900. The molecule has 0 spiro atoms. The summed E-state index contributed by atoms with van der Waals surface area (Å²) < 4.78 is 5.17. The predicted molar refractivity (Wildman–Crippen MR) is 142 cm³/mol. The van der Waals surface area contributed by atoms with Crippen LogP contribution in [0.5, 0.6) is 0 Å². The van der Waals surface area contributed by atoms with Crippen LogP contribution in [0.15, 0.2) is 12.4 Å². The van der Waals surface area contributed by atoms with Gasteiger partial charge < -0.3 is 0 Å². The van der Waals surface area contributed by atoms with Gasteiger partial charge in [0, 0.05) is 6.42 Å². The maximum absolute atomic E-state index is 2.60. The Morgan fingerprint density at radius 3 is 1.50 bits per heavy atom. The highest BCUT2D eigenvalue weighted by atomic mass is 15.1. The highest BCUT2D eigenvalue weighted by Crippen LogP contribution is 2.13. The molecule has 0 aromatic carbocycles. The molecule has 188 valence electrons. The van der Waals surface area contributed by atoms with Gasteiger partial charge in [0.05, 0.1) is 13.1 Å². The molecule has 0 fully saturated rings. The van der Waals surface area contributed by atoms with Gasteiger partial charge in [-0.3, -0.25) is 0 Å². The van der Waals surface area contributed by atoms with Gasteiger partial charge in [-0.05, 0) is 32.1 Å². The second-order valence-corrected chi connectivity index (χ2v) is 10.2. The summed E-state index contributed by atoms with van der Waals surface area (Å²) in [6, 6.07) is 0. The molecule has 1 aromatic rings. The normalized spacial score (nSPS) is 11.5. The van der Waals surface area contributed by atoms with Gasteiger partial charge in [0.1, 0.15) is 12.4 Å². The molecule has 1 heterocycles. The van der Waals surface area contributed by atoms with E-state index in [1.807, 2.05) is 0 Å². The minimum Gasteiger partial charge on any atom is -0.234 e. The van der Waals surface area contributed by atoms with Crippen LogP contribution in [-0.2, 0) is 19.5 Å². The monoisotopic (exact) mass is 447 g/mol. The average molecular weight is 448 g/mol. The summed E-state index contributed by atoms with van der Waals surface area (Å²) in [7, 11) is 0. The highest BCUT2D eigenvalue weighted by Gasteiger charge is 2.16. The van der Waals surface area contributed by atoms with Crippen molar-refractivity contribution in [1.29, 1.82) is 0 Å². The lowest BCUT2D eigenvalue weighted by atomic mass is 10.1. The van der Waals surface area contributed by atoms with E-state index in [0.717, 1.165) is 0 Å². The number of imidazole rings is 1. The van der Waals surface area contributed by atoms with Gasteiger partial charge >= 0.3 is 0 Å². The van der Waals surface area contributed by atoms with Crippen LogP contribution in [0.3, 0.4) is 0 Å².